The van der Waals surface area contributed by atoms with Crippen LogP contribution in [0.5, 0.6) is 11.5 Å². The zero-order chi connectivity index (χ0) is 12.1. The van der Waals surface area contributed by atoms with Crippen molar-refractivity contribution in [1.82, 2.24) is 0 Å². The van der Waals surface area contributed by atoms with E-state index in [9.17, 15) is 9.18 Å². The molecule has 1 rings (SSSR count). The van der Waals surface area contributed by atoms with Crippen molar-refractivity contribution in [1.29, 1.82) is 0 Å². The Labute approximate surface area is 92.1 Å². The molecule has 16 heavy (non-hydrogen) atoms. The number of halogens is 1. The zero-order valence-corrected chi connectivity index (χ0v) is 8.62. The summed E-state index contributed by atoms with van der Waals surface area (Å²) in [6.45, 7) is -0.0221. The smallest absolute Gasteiger partial charge is 0.251 e. The molecule has 4 nitrogen and oxygen atoms in total. The van der Waals surface area contributed by atoms with E-state index in [1.165, 1.54) is 13.2 Å². The Hall–Kier alpha value is -2.22. The Kier molecular flexibility index (Phi) is 3.72. The Bertz CT molecular complexity index is 451. The molecule has 0 spiro atoms. The van der Waals surface area contributed by atoms with Crippen molar-refractivity contribution in [3.05, 3.63) is 23.5 Å². The molecule has 0 aliphatic rings. The van der Waals surface area contributed by atoms with E-state index in [2.05, 4.69) is 5.92 Å². The lowest BCUT2D eigenvalue weighted by Crippen LogP contribution is -2.13. The van der Waals surface area contributed by atoms with Gasteiger partial charge in [0.15, 0.2) is 11.5 Å². The third-order valence-electron chi connectivity index (χ3n) is 1.83. The topological polar surface area (TPSA) is 61.5 Å². The van der Waals surface area contributed by atoms with Gasteiger partial charge in [0, 0.05) is 6.07 Å². The van der Waals surface area contributed by atoms with E-state index in [-0.39, 0.29) is 23.7 Å². The number of hydrogen-bond donors (Lipinski definition) is 1. The van der Waals surface area contributed by atoms with Crippen LogP contribution in [0.4, 0.5) is 4.39 Å². The summed E-state index contributed by atoms with van der Waals surface area (Å²) >= 11 is 0. The van der Waals surface area contributed by atoms with Gasteiger partial charge in [-0.1, -0.05) is 5.92 Å². The summed E-state index contributed by atoms with van der Waals surface area (Å²) in [6, 6.07) is 2.18. The van der Waals surface area contributed by atoms with Crippen LogP contribution in [-0.4, -0.2) is 19.6 Å². The number of rotatable bonds is 4. The average Bonchev–Trinajstić information content (AvgIpc) is 2.25. The molecule has 1 amide bonds. The second-order valence-corrected chi connectivity index (χ2v) is 2.84. The van der Waals surface area contributed by atoms with Crippen LogP contribution in [0.1, 0.15) is 10.4 Å². The molecule has 0 fully saturated rings. The van der Waals surface area contributed by atoms with E-state index in [4.69, 9.17) is 21.6 Å². The van der Waals surface area contributed by atoms with Crippen molar-refractivity contribution in [2.24, 2.45) is 5.73 Å². The second-order valence-electron chi connectivity index (χ2n) is 2.84. The summed E-state index contributed by atoms with van der Waals surface area (Å²) in [5, 5.41) is 0. The molecule has 0 radical (unpaired) electrons. The molecule has 2 N–H and O–H groups in total. The highest BCUT2D eigenvalue weighted by atomic mass is 19.1. The van der Waals surface area contributed by atoms with Crippen LogP contribution in [0.2, 0.25) is 0 Å². The minimum atomic E-state index is -0.876. The average molecular weight is 223 g/mol. The van der Waals surface area contributed by atoms with Crippen LogP contribution in [0.15, 0.2) is 12.1 Å². The summed E-state index contributed by atoms with van der Waals surface area (Å²) in [7, 11) is 1.36. The van der Waals surface area contributed by atoms with Gasteiger partial charge in [0.05, 0.1) is 12.7 Å². The maximum atomic E-state index is 13.4. The van der Waals surface area contributed by atoms with Crippen LogP contribution in [0, 0.1) is 18.2 Å². The van der Waals surface area contributed by atoms with Gasteiger partial charge < -0.3 is 15.2 Å². The molecule has 5 heteroatoms. The Balaban J connectivity index is 3.16. The Morgan fingerprint density at radius 1 is 1.56 bits per heavy atom. The molecular weight excluding hydrogens is 213 g/mol. The molecule has 1 aromatic rings. The number of primary amides is 1. The van der Waals surface area contributed by atoms with Gasteiger partial charge in [0.2, 0.25) is 0 Å². The number of methoxy groups -OCH3 is 1. The van der Waals surface area contributed by atoms with Crippen molar-refractivity contribution in [2.45, 2.75) is 0 Å². The number of terminal acetylenes is 1. The predicted molar refractivity (Wildman–Crippen MR) is 55.8 cm³/mol. The van der Waals surface area contributed by atoms with Crippen LogP contribution in [0.3, 0.4) is 0 Å². The van der Waals surface area contributed by atoms with Crippen LogP contribution >= 0.6 is 0 Å². The highest BCUT2D eigenvalue weighted by Gasteiger charge is 2.14. The number of benzene rings is 1. The quantitative estimate of drug-likeness (QED) is 0.773. The molecule has 0 aliphatic carbocycles. The highest BCUT2D eigenvalue weighted by Crippen LogP contribution is 2.29. The van der Waals surface area contributed by atoms with Gasteiger partial charge in [-0.05, 0) is 6.07 Å². The first-order chi connectivity index (χ1) is 7.60. The van der Waals surface area contributed by atoms with E-state index in [1.54, 1.807) is 0 Å². The summed E-state index contributed by atoms with van der Waals surface area (Å²) in [5.41, 5.74) is 4.72. The van der Waals surface area contributed by atoms with Gasteiger partial charge in [-0.15, -0.1) is 6.42 Å². The lowest BCUT2D eigenvalue weighted by atomic mass is 10.2. The maximum absolute atomic E-state index is 13.4. The number of carbonyl (C=O) groups excluding carboxylic acids is 1. The fraction of sp³-hybridized carbons (Fsp3) is 0.182. The van der Waals surface area contributed by atoms with Gasteiger partial charge in [-0.25, -0.2) is 4.39 Å². The first-order valence-electron chi connectivity index (χ1n) is 4.33. The summed E-state index contributed by atoms with van der Waals surface area (Å²) in [6.07, 6.45) is 5.00. The van der Waals surface area contributed by atoms with Crippen molar-refractivity contribution in [3.8, 4) is 23.8 Å². The first-order valence-corrected chi connectivity index (χ1v) is 4.33. The van der Waals surface area contributed by atoms with E-state index in [0.717, 1.165) is 6.07 Å². The lowest BCUT2D eigenvalue weighted by molar-refractivity contribution is 0.0996. The fourth-order valence-electron chi connectivity index (χ4n) is 1.12. The highest BCUT2D eigenvalue weighted by molar-refractivity contribution is 5.93. The molecule has 0 atom stereocenters. The molecule has 0 heterocycles. The normalized spacial score (nSPS) is 9.31. The number of carbonyl (C=O) groups is 1. The van der Waals surface area contributed by atoms with Crippen molar-refractivity contribution in [2.75, 3.05) is 13.7 Å². The van der Waals surface area contributed by atoms with Crippen molar-refractivity contribution in [3.63, 3.8) is 0 Å². The van der Waals surface area contributed by atoms with E-state index in [1.807, 2.05) is 0 Å². The SMILES string of the molecule is C#CCOc1cc(F)c(C(N)=O)cc1OC. The Morgan fingerprint density at radius 3 is 2.75 bits per heavy atom. The monoisotopic (exact) mass is 223 g/mol. The zero-order valence-electron chi connectivity index (χ0n) is 8.62. The minimum Gasteiger partial charge on any atom is -0.493 e. The van der Waals surface area contributed by atoms with Crippen LogP contribution in [-0.2, 0) is 0 Å². The van der Waals surface area contributed by atoms with Crippen LogP contribution < -0.4 is 15.2 Å². The molecular formula is C11H10FNO3. The van der Waals surface area contributed by atoms with Gasteiger partial charge in [-0.2, -0.15) is 0 Å². The number of hydrogen-bond acceptors (Lipinski definition) is 3. The summed E-state index contributed by atoms with van der Waals surface area (Å²) < 4.78 is 23.3. The summed E-state index contributed by atoms with van der Waals surface area (Å²) in [5.74, 6) is 0.907. The van der Waals surface area contributed by atoms with Crippen molar-refractivity contribution >= 4 is 5.91 Å². The third-order valence-corrected chi connectivity index (χ3v) is 1.83. The van der Waals surface area contributed by atoms with Gasteiger partial charge in [0.1, 0.15) is 12.4 Å². The number of nitrogens with two attached hydrogens (primary N) is 1. The Morgan fingerprint density at radius 2 is 2.25 bits per heavy atom. The molecule has 0 aromatic heterocycles. The number of amides is 1. The molecule has 0 saturated carbocycles. The predicted octanol–water partition coefficient (Wildman–Crippen LogP) is 0.945. The molecule has 0 bridgehead atoms. The summed E-state index contributed by atoms with van der Waals surface area (Å²) in [4.78, 5) is 10.9. The second kappa shape index (κ2) is 5.03. The van der Waals surface area contributed by atoms with Crippen molar-refractivity contribution < 1.29 is 18.7 Å². The van der Waals surface area contributed by atoms with Gasteiger partial charge >= 0.3 is 0 Å². The van der Waals surface area contributed by atoms with E-state index in [0.29, 0.717) is 0 Å². The lowest BCUT2D eigenvalue weighted by Gasteiger charge is -2.10. The largest absolute Gasteiger partial charge is 0.493 e. The third kappa shape index (κ3) is 2.42. The molecule has 0 unspecified atom stereocenters. The fourth-order valence-corrected chi connectivity index (χ4v) is 1.12. The molecule has 1 aromatic carbocycles. The van der Waals surface area contributed by atoms with E-state index >= 15 is 0 Å². The van der Waals surface area contributed by atoms with E-state index < -0.39 is 11.7 Å². The van der Waals surface area contributed by atoms with Gasteiger partial charge in [-0.3, -0.25) is 4.79 Å². The molecule has 84 valence electrons. The molecule has 0 saturated heterocycles. The number of ether oxygens (including phenoxy) is 2. The maximum Gasteiger partial charge on any atom is 0.251 e. The standard InChI is InChI=1S/C11H10FNO3/c1-3-4-16-10-6-8(12)7(11(13)14)5-9(10)15-2/h1,5-6H,4H2,2H3,(H2,13,14). The van der Waals surface area contributed by atoms with Crippen LogP contribution in [0.25, 0.3) is 0 Å². The first kappa shape index (κ1) is 11.9. The minimum absolute atomic E-state index is 0.0221. The molecule has 0 aliphatic heterocycles. The van der Waals surface area contributed by atoms with Gasteiger partial charge in [0.25, 0.3) is 5.91 Å².